The summed E-state index contributed by atoms with van der Waals surface area (Å²) >= 11 is 0. The average Bonchev–Trinajstić information content (AvgIpc) is 2.88. The topological polar surface area (TPSA) is 137 Å². The highest BCUT2D eigenvalue weighted by Crippen LogP contribution is 2.20. The van der Waals surface area contributed by atoms with Gasteiger partial charge in [0.2, 0.25) is 0 Å². The summed E-state index contributed by atoms with van der Waals surface area (Å²) in [4.78, 5) is 48.2. The fourth-order valence-corrected chi connectivity index (χ4v) is 3.08. The zero-order chi connectivity index (χ0) is 25.4. The van der Waals surface area contributed by atoms with Crippen LogP contribution in [0.5, 0.6) is 5.75 Å². The average molecular weight is 475 g/mol. The summed E-state index contributed by atoms with van der Waals surface area (Å²) in [5.74, 6) is -1.53. The fraction of sp³-hybridized carbons (Fsp3) is 0.0800. The molecule has 3 aromatic rings. The lowest BCUT2D eigenvalue weighted by Crippen LogP contribution is -2.31. The summed E-state index contributed by atoms with van der Waals surface area (Å²) < 4.78 is 9.86. The van der Waals surface area contributed by atoms with E-state index in [4.69, 9.17) is 4.74 Å². The van der Waals surface area contributed by atoms with Gasteiger partial charge >= 0.3 is 5.97 Å². The van der Waals surface area contributed by atoms with E-state index in [0.717, 1.165) is 0 Å². The second kappa shape index (κ2) is 11.2. The third-order valence-corrected chi connectivity index (χ3v) is 4.80. The molecule has 0 aliphatic carbocycles. The number of nitrogens with zero attached hydrogens (tertiary/aromatic N) is 1. The minimum atomic E-state index is -0.689. The molecule has 10 heteroatoms. The number of nitrogens with one attached hydrogen (secondary N) is 2. The van der Waals surface area contributed by atoms with Crippen molar-refractivity contribution < 1.29 is 28.8 Å². The summed E-state index contributed by atoms with van der Waals surface area (Å²) in [6.45, 7) is 0. The second-order valence-corrected chi connectivity index (χ2v) is 7.09. The van der Waals surface area contributed by atoms with E-state index in [9.17, 15) is 24.5 Å². The largest absolute Gasteiger partial charge is 0.496 e. The lowest BCUT2D eigenvalue weighted by atomic mass is 10.1. The highest BCUT2D eigenvalue weighted by Gasteiger charge is 2.18. The van der Waals surface area contributed by atoms with Crippen LogP contribution in [0.4, 0.5) is 11.4 Å². The molecule has 0 fully saturated rings. The molecule has 0 saturated carbocycles. The van der Waals surface area contributed by atoms with Crippen LogP contribution in [0.2, 0.25) is 0 Å². The molecule has 35 heavy (non-hydrogen) atoms. The van der Waals surface area contributed by atoms with Crippen molar-refractivity contribution in [1.82, 2.24) is 5.32 Å². The van der Waals surface area contributed by atoms with Crippen molar-refractivity contribution in [2.45, 2.75) is 0 Å². The number of hydrogen-bond donors (Lipinski definition) is 2. The van der Waals surface area contributed by atoms with Gasteiger partial charge in [-0.3, -0.25) is 19.7 Å². The summed E-state index contributed by atoms with van der Waals surface area (Å²) in [5, 5.41) is 16.3. The van der Waals surface area contributed by atoms with Gasteiger partial charge < -0.3 is 20.1 Å². The Labute approximate surface area is 200 Å². The van der Waals surface area contributed by atoms with E-state index < -0.39 is 22.7 Å². The first-order valence-electron chi connectivity index (χ1n) is 10.2. The van der Waals surface area contributed by atoms with Crippen LogP contribution in [0.3, 0.4) is 0 Å². The molecular weight excluding hydrogens is 454 g/mol. The van der Waals surface area contributed by atoms with Crippen LogP contribution in [0.1, 0.15) is 26.3 Å². The molecule has 0 aliphatic heterocycles. The standard InChI is InChI=1S/C25H21N3O7/c1-34-22-9-4-3-8-20(22)23(29)27-21(15-16-6-5-7-19(14-16)28(32)33)24(30)26-18-12-10-17(11-13-18)25(31)35-2/h3-15H,1-2H3,(H,26,30)(H,27,29). The van der Waals surface area contributed by atoms with E-state index in [1.807, 2.05) is 0 Å². The van der Waals surface area contributed by atoms with Crippen LogP contribution in [-0.2, 0) is 9.53 Å². The zero-order valence-electron chi connectivity index (χ0n) is 18.8. The van der Waals surface area contributed by atoms with Crippen LogP contribution < -0.4 is 15.4 Å². The van der Waals surface area contributed by atoms with Crippen molar-refractivity contribution in [3.63, 3.8) is 0 Å². The molecular formula is C25H21N3O7. The van der Waals surface area contributed by atoms with Crippen molar-refractivity contribution in [3.05, 3.63) is 105 Å². The number of nitro benzene ring substituents is 1. The highest BCUT2D eigenvalue weighted by molar-refractivity contribution is 6.11. The molecule has 0 heterocycles. The Morgan fingerprint density at radius 1 is 0.943 bits per heavy atom. The van der Waals surface area contributed by atoms with Gasteiger partial charge in [0.1, 0.15) is 11.4 Å². The Hall–Kier alpha value is -4.99. The number of benzene rings is 3. The van der Waals surface area contributed by atoms with E-state index in [1.165, 1.54) is 68.8 Å². The highest BCUT2D eigenvalue weighted by atomic mass is 16.6. The molecule has 2 N–H and O–H groups in total. The van der Waals surface area contributed by atoms with Gasteiger partial charge in [-0.15, -0.1) is 0 Å². The van der Waals surface area contributed by atoms with Gasteiger partial charge in [-0.25, -0.2) is 4.79 Å². The molecule has 10 nitrogen and oxygen atoms in total. The van der Waals surface area contributed by atoms with Crippen LogP contribution in [0, 0.1) is 10.1 Å². The number of methoxy groups -OCH3 is 2. The second-order valence-electron chi connectivity index (χ2n) is 7.09. The molecule has 178 valence electrons. The predicted octanol–water partition coefficient (Wildman–Crippen LogP) is 3.80. The van der Waals surface area contributed by atoms with E-state index in [-0.39, 0.29) is 16.9 Å². The number of non-ortho nitro benzene ring substituents is 1. The minimum absolute atomic E-state index is 0.168. The predicted molar refractivity (Wildman–Crippen MR) is 128 cm³/mol. The Morgan fingerprint density at radius 2 is 1.66 bits per heavy atom. The molecule has 0 aliphatic rings. The SMILES string of the molecule is COC(=O)c1ccc(NC(=O)C(=Cc2cccc([N+](=O)[O-])c2)NC(=O)c2ccccc2OC)cc1. The van der Waals surface area contributed by atoms with Gasteiger partial charge in [-0.05, 0) is 48.0 Å². The Morgan fingerprint density at radius 3 is 2.31 bits per heavy atom. The number of carbonyl (C=O) groups is 3. The van der Waals surface area contributed by atoms with Gasteiger partial charge in [0.05, 0.1) is 30.3 Å². The summed E-state index contributed by atoms with van der Waals surface area (Å²) in [6.07, 6.45) is 1.32. The molecule has 3 aromatic carbocycles. The Balaban J connectivity index is 1.93. The number of ether oxygens (including phenoxy) is 2. The number of esters is 1. The maximum atomic E-state index is 13.1. The van der Waals surface area contributed by atoms with Crippen molar-refractivity contribution in [2.75, 3.05) is 19.5 Å². The molecule has 3 rings (SSSR count). The van der Waals surface area contributed by atoms with E-state index >= 15 is 0 Å². The van der Waals surface area contributed by atoms with Gasteiger partial charge in [-0.1, -0.05) is 24.3 Å². The number of amides is 2. The van der Waals surface area contributed by atoms with Crippen molar-refractivity contribution >= 4 is 35.2 Å². The molecule has 0 radical (unpaired) electrons. The first-order valence-corrected chi connectivity index (χ1v) is 10.2. The number of nitro groups is 1. The van der Waals surface area contributed by atoms with Crippen molar-refractivity contribution in [2.24, 2.45) is 0 Å². The molecule has 0 aromatic heterocycles. The molecule has 0 spiro atoms. The van der Waals surface area contributed by atoms with E-state index in [1.54, 1.807) is 24.3 Å². The van der Waals surface area contributed by atoms with Crippen molar-refractivity contribution in [3.8, 4) is 5.75 Å². The lowest BCUT2D eigenvalue weighted by molar-refractivity contribution is -0.384. The number of anilines is 1. The van der Waals surface area contributed by atoms with E-state index in [0.29, 0.717) is 22.6 Å². The number of para-hydroxylation sites is 1. The summed E-state index contributed by atoms with van der Waals surface area (Å²) in [5.41, 5.74) is 0.814. The molecule has 2 amide bonds. The monoisotopic (exact) mass is 475 g/mol. The minimum Gasteiger partial charge on any atom is -0.496 e. The number of rotatable bonds is 8. The number of hydrogen-bond acceptors (Lipinski definition) is 7. The summed E-state index contributed by atoms with van der Waals surface area (Å²) in [6, 6.07) is 18.0. The van der Waals surface area contributed by atoms with Crippen LogP contribution in [-0.4, -0.2) is 36.9 Å². The van der Waals surface area contributed by atoms with Gasteiger partial charge in [0, 0.05) is 17.8 Å². The van der Waals surface area contributed by atoms with E-state index in [2.05, 4.69) is 15.4 Å². The van der Waals surface area contributed by atoms with Crippen molar-refractivity contribution in [1.29, 1.82) is 0 Å². The molecule has 0 bridgehead atoms. The quantitative estimate of drug-likeness (QED) is 0.219. The number of carbonyl (C=O) groups excluding carboxylic acids is 3. The smallest absolute Gasteiger partial charge is 0.337 e. The van der Waals surface area contributed by atoms with Crippen LogP contribution in [0.25, 0.3) is 6.08 Å². The normalized spacial score (nSPS) is 10.7. The zero-order valence-corrected chi connectivity index (χ0v) is 18.8. The Kier molecular flexibility index (Phi) is 7.91. The first kappa shape index (κ1) is 24.6. The third-order valence-electron chi connectivity index (χ3n) is 4.80. The maximum Gasteiger partial charge on any atom is 0.337 e. The molecule has 0 unspecified atom stereocenters. The Bertz CT molecular complexity index is 1300. The molecule has 0 saturated heterocycles. The van der Waals surface area contributed by atoms with Gasteiger partial charge in [-0.2, -0.15) is 0 Å². The first-order chi connectivity index (χ1) is 16.8. The lowest BCUT2D eigenvalue weighted by Gasteiger charge is -2.13. The molecule has 0 atom stereocenters. The maximum absolute atomic E-state index is 13.1. The van der Waals surface area contributed by atoms with Gasteiger partial charge in [0.25, 0.3) is 17.5 Å². The fourth-order valence-electron chi connectivity index (χ4n) is 3.08. The third kappa shape index (κ3) is 6.29. The van der Waals surface area contributed by atoms with Crippen LogP contribution >= 0.6 is 0 Å². The van der Waals surface area contributed by atoms with Crippen LogP contribution in [0.15, 0.2) is 78.5 Å². The van der Waals surface area contributed by atoms with Gasteiger partial charge in [0.15, 0.2) is 0 Å². The summed E-state index contributed by atoms with van der Waals surface area (Å²) in [7, 11) is 2.67.